The third-order valence-corrected chi connectivity index (χ3v) is 4.69. The largest absolute Gasteiger partial charge is 0.378 e. The van der Waals surface area contributed by atoms with E-state index >= 15 is 0 Å². The Labute approximate surface area is 120 Å². The van der Waals surface area contributed by atoms with E-state index in [0.717, 1.165) is 25.3 Å². The van der Waals surface area contributed by atoms with E-state index in [1.807, 2.05) is 0 Å². The molecule has 0 aromatic carbocycles. The second kappa shape index (κ2) is 9.77. The molecule has 1 rings (SSSR count). The smallest absolute Gasteiger partial charge is 0.107 e. The summed E-state index contributed by atoms with van der Waals surface area (Å²) in [5, 5.41) is 10.5. The van der Waals surface area contributed by atoms with Gasteiger partial charge in [-0.2, -0.15) is 0 Å². The SMILES string of the molecule is CCCCN(C(O)CCC)C1CCCCCCC1C. The quantitative estimate of drug-likeness (QED) is 0.685. The molecule has 1 aliphatic rings. The van der Waals surface area contributed by atoms with E-state index in [0.29, 0.717) is 6.04 Å². The maximum atomic E-state index is 10.5. The van der Waals surface area contributed by atoms with Crippen LogP contribution < -0.4 is 0 Å². The van der Waals surface area contributed by atoms with Crippen LogP contribution in [-0.2, 0) is 0 Å². The Morgan fingerprint density at radius 3 is 2.37 bits per heavy atom. The van der Waals surface area contributed by atoms with Crippen molar-refractivity contribution in [2.24, 2.45) is 5.92 Å². The molecule has 1 fully saturated rings. The van der Waals surface area contributed by atoms with Crippen LogP contribution in [-0.4, -0.2) is 28.8 Å². The van der Waals surface area contributed by atoms with Gasteiger partial charge in [-0.1, -0.05) is 59.3 Å². The molecule has 3 atom stereocenters. The summed E-state index contributed by atoms with van der Waals surface area (Å²) >= 11 is 0. The van der Waals surface area contributed by atoms with E-state index in [9.17, 15) is 5.11 Å². The Bertz CT molecular complexity index is 219. The number of unbranched alkanes of at least 4 members (excludes halogenated alkanes) is 1. The van der Waals surface area contributed by atoms with Crippen LogP contribution in [0.15, 0.2) is 0 Å². The lowest BCUT2D eigenvalue weighted by Crippen LogP contribution is -2.47. The Morgan fingerprint density at radius 2 is 1.74 bits per heavy atom. The highest BCUT2D eigenvalue weighted by Crippen LogP contribution is 2.28. The van der Waals surface area contributed by atoms with E-state index in [1.165, 1.54) is 51.4 Å². The zero-order valence-electron chi connectivity index (χ0n) is 13.4. The highest BCUT2D eigenvalue weighted by Gasteiger charge is 2.28. The van der Waals surface area contributed by atoms with Gasteiger partial charge in [0.15, 0.2) is 0 Å². The monoisotopic (exact) mass is 269 g/mol. The average Bonchev–Trinajstić information content (AvgIpc) is 2.37. The molecule has 0 saturated heterocycles. The second-order valence-corrected chi connectivity index (χ2v) is 6.40. The average molecular weight is 269 g/mol. The van der Waals surface area contributed by atoms with Crippen molar-refractivity contribution in [1.82, 2.24) is 4.90 Å². The number of nitrogens with zero attached hydrogens (tertiary/aromatic N) is 1. The number of aliphatic hydroxyl groups excluding tert-OH is 1. The lowest BCUT2D eigenvalue weighted by Gasteiger charge is -2.40. The van der Waals surface area contributed by atoms with E-state index < -0.39 is 0 Å². The molecule has 0 aromatic heterocycles. The Balaban J connectivity index is 2.67. The number of hydrogen-bond donors (Lipinski definition) is 1. The van der Waals surface area contributed by atoms with Crippen molar-refractivity contribution in [2.45, 2.75) is 97.2 Å². The predicted molar refractivity (Wildman–Crippen MR) is 83.2 cm³/mol. The molecule has 3 unspecified atom stereocenters. The highest BCUT2D eigenvalue weighted by molar-refractivity contribution is 4.80. The van der Waals surface area contributed by atoms with E-state index in [4.69, 9.17) is 0 Å². The molecule has 1 saturated carbocycles. The van der Waals surface area contributed by atoms with Crippen molar-refractivity contribution in [3.63, 3.8) is 0 Å². The van der Waals surface area contributed by atoms with Crippen molar-refractivity contribution in [3.8, 4) is 0 Å². The van der Waals surface area contributed by atoms with E-state index in [-0.39, 0.29) is 6.23 Å². The summed E-state index contributed by atoms with van der Waals surface area (Å²) in [5.41, 5.74) is 0. The zero-order chi connectivity index (χ0) is 14.1. The Hall–Kier alpha value is -0.0800. The van der Waals surface area contributed by atoms with E-state index in [2.05, 4.69) is 25.7 Å². The first-order valence-corrected chi connectivity index (χ1v) is 8.64. The molecule has 114 valence electrons. The molecule has 0 heterocycles. The van der Waals surface area contributed by atoms with Gasteiger partial charge in [0.2, 0.25) is 0 Å². The van der Waals surface area contributed by atoms with Crippen LogP contribution >= 0.6 is 0 Å². The van der Waals surface area contributed by atoms with Gasteiger partial charge in [0.1, 0.15) is 6.23 Å². The van der Waals surface area contributed by atoms with Crippen LogP contribution in [0.1, 0.15) is 85.0 Å². The van der Waals surface area contributed by atoms with Crippen LogP contribution in [0.4, 0.5) is 0 Å². The summed E-state index contributed by atoms with van der Waals surface area (Å²) in [5.74, 6) is 0.740. The van der Waals surface area contributed by atoms with Gasteiger partial charge in [0, 0.05) is 12.6 Å². The fraction of sp³-hybridized carbons (Fsp3) is 1.00. The molecule has 0 spiro atoms. The van der Waals surface area contributed by atoms with Crippen molar-refractivity contribution in [2.75, 3.05) is 6.54 Å². The summed E-state index contributed by atoms with van der Waals surface area (Å²) in [6, 6.07) is 0.605. The van der Waals surface area contributed by atoms with Crippen molar-refractivity contribution >= 4 is 0 Å². The molecule has 1 aliphatic carbocycles. The summed E-state index contributed by atoms with van der Waals surface area (Å²) < 4.78 is 0. The van der Waals surface area contributed by atoms with Crippen LogP contribution in [0.3, 0.4) is 0 Å². The third kappa shape index (κ3) is 5.83. The highest BCUT2D eigenvalue weighted by atomic mass is 16.3. The lowest BCUT2D eigenvalue weighted by atomic mass is 9.86. The molecule has 19 heavy (non-hydrogen) atoms. The molecule has 0 radical (unpaired) electrons. The third-order valence-electron chi connectivity index (χ3n) is 4.69. The minimum atomic E-state index is -0.219. The van der Waals surface area contributed by atoms with Gasteiger partial charge in [0.05, 0.1) is 0 Å². The minimum absolute atomic E-state index is 0.219. The summed E-state index contributed by atoms with van der Waals surface area (Å²) in [4.78, 5) is 2.43. The Kier molecular flexibility index (Phi) is 8.72. The van der Waals surface area contributed by atoms with Crippen molar-refractivity contribution in [3.05, 3.63) is 0 Å². The minimum Gasteiger partial charge on any atom is -0.378 e. The van der Waals surface area contributed by atoms with Gasteiger partial charge in [-0.05, 0) is 31.6 Å². The second-order valence-electron chi connectivity index (χ2n) is 6.40. The van der Waals surface area contributed by atoms with Gasteiger partial charge in [0.25, 0.3) is 0 Å². The predicted octanol–water partition coefficient (Wildman–Crippen LogP) is 4.57. The van der Waals surface area contributed by atoms with Gasteiger partial charge in [-0.3, -0.25) is 4.90 Å². The molecule has 2 nitrogen and oxygen atoms in total. The van der Waals surface area contributed by atoms with Crippen LogP contribution in [0.25, 0.3) is 0 Å². The number of aliphatic hydroxyl groups is 1. The maximum Gasteiger partial charge on any atom is 0.107 e. The van der Waals surface area contributed by atoms with Gasteiger partial charge in [-0.15, -0.1) is 0 Å². The first kappa shape index (κ1) is 17.0. The normalized spacial score (nSPS) is 27.0. The van der Waals surface area contributed by atoms with Crippen molar-refractivity contribution in [1.29, 1.82) is 0 Å². The van der Waals surface area contributed by atoms with Crippen LogP contribution in [0, 0.1) is 5.92 Å². The van der Waals surface area contributed by atoms with Crippen LogP contribution in [0.5, 0.6) is 0 Å². The lowest BCUT2D eigenvalue weighted by molar-refractivity contribution is -0.0502. The fourth-order valence-corrected chi connectivity index (χ4v) is 3.44. The molecule has 0 aliphatic heterocycles. The van der Waals surface area contributed by atoms with Gasteiger partial charge >= 0.3 is 0 Å². The summed E-state index contributed by atoms with van der Waals surface area (Å²) in [6.45, 7) is 7.88. The van der Waals surface area contributed by atoms with Crippen molar-refractivity contribution < 1.29 is 5.11 Å². The standard InChI is InChI=1S/C17H35NO/c1-4-6-14-18(17(19)11-5-2)16-13-10-8-7-9-12-15(16)3/h15-17,19H,4-14H2,1-3H3. The van der Waals surface area contributed by atoms with Crippen LogP contribution in [0.2, 0.25) is 0 Å². The molecular weight excluding hydrogens is 234 g/mol. The maximum absolute atomic E-state index is 10.5. The van der Waals surface area contributed by atoms with Gasteiger partial charge < -0.3 is 5.11 Å². The molecule has 0 aromatic rings. The molecule has 1 N–H and O–H groups in total. The topological polar surface area (TPSA) is 23.5 Å². The van der Waals surface area contributed by atoms with E-state index in [1.54, 1.807) is 0 Å². The fourth-order valence-electron chi connectivity index (χ4n) is 3.44. The molecular formula is C17H35NO. The molecule has 0 bridgehead atoms. The first-order chi connectivity index (χ1) is 9.20. The molecule has 0 amide bonds. The summed E-state index contributed by atoms with van der Waals surface area (Å²) in [6.07, 6.45) is 12.3. The Morgan fingerprint density at radius 1 is 1.05 bits per heavy atom. The van der Waals surface area contributed by atoms with Gasteiger partial charge in [-0.25, -0.2) is 0 Å². The molecule has 2 heteroatoms. The summed E-state index contributed by atoms with van der Waals surface area (Å²) in [7, 11) is 0. The first-order valence-electron chi connectivity index (χ1n) is 8.64. The number of rotatable bonds is 7. The zero-order valence-corrected chi connectivity index (χ0v) is 13.4. The number of hydrogen-bond acceptors (Lipinski definition) is 2.